The number of hydrogen-bond acceptors (Lipinski definition) is 4. The summed E-state index contributed by atoms with van der Waals surface area (Å²) in [6, 6.07) is 6.36. The van der Waals surface area contributed by atoms with Crippen molar-refractivity contribution in [3.8, 4) is 5.75 Å². The lowest BCUT2D eigenvalue weighted by molar-refractivity contribution is -0.142. The van der Waals surface area contributed by atoms with Crippen LogP contribution >= 0.6 is 0 Å². The summed E-state index contributed by atoms with van der Waals surface area (Å²) in [7, 11) is 1.30. The number of methoxy groups -OCH3 is 1. The minimum atomic E-state index is -0.577. The van der Waals surface area contributed by atoms with Crippen LogP contribution in [-0.4, -0.2) is 23.2 Å². The summed E-state index contributed by atoms with van der Waals surface area (Å²) >= 11 is 0. The Morgan fingerprint density at radius 1 is 1.42 bits per heavy atom. The van der Waals surface area contributed by atoms with E-state index in [1.807, 2.05) is 6.92 Å². The first-order valence-electron chi connectivity index (χ1n) is 6.00. The summed E-state index contributed by atoms with van der Waals surface area (Å²) in [4.78, 5) is 26.4. The van der Waals surface area contributed by atoms with E-state index in [2.05, 4.69) is 4.98 Å². The molecule has 1 aromatic carbocycles. The van der Waals surface area contributed by atoms with Gasteiger partial charge in [-0.25, -0.2) is 0 Å². The van der Waals surface area contributed by atoms with Crippen molar-refractivity contribution in [3.63, 3.8) is 0 Å². The van der Waals surface area contributed by atoms with Crippen LogP contribution in [0.4, 0.5) is 0 Å². The SMILES string of the molecule is CCC(C(=O)OC)c1cc2ccc(O)cc2[nH]c1=O. The molecule has 1 aromatic heterocycles. The minimum Gasteiger partial charge on any atom is -0.508 e. The third-order valence-electron chi connectivity index (χ3n) is 3.13. The zero-order chi connectivity index (χ0) is 14.0. The zero-order valence-corrected chi connectivity index (χ0v) is 10.8. The number of nitrogens with one attached hydrogen (secondary N) is 1. The van der Waals surface area contributed by atoms with E-state index in [-0.39, 0.29) is 11.3 Å². The summed E-state index contributed by atoms with van der Waals surface area (Å²) in [5.74, 6) is -0.922. The molecule has 19 heavy (non-hydrogen) atoms. The van der Waals surface area contributed by atoms with Gasteiger partial charge in [-0.1, -0.05) is 6.92 Å². The second-order valence-corrected chi connectivity index (χ2v) is 4.31. The maximum atomic E-state index is 12.0. The number of pyridine rings is 1. The van der Waals surface area contributed by atoms with Gasteiger partial charge in [0.1, 0.15) is 5.75 Å². The van der Waals surface area contributed by atoms with Crippen molar-refractivity contribution in [3.05, 3.63) is 40.2 Å². The molecule has 1 atom stereocenters. The van der Waals surface area contributed by atoms with Crippen molar-refractivity contribution in [2.24, 2.45) is 0 Å². The number of H-pyrrole nitrogens is 1. The maximum Gasteiger partial charge on any atom is 0.313 e. The van der Waals surface area contributed by atoms with Gasteiger partial charge < -0.3 is 14.8 Å². The highest BCUT2D eigenvalue weighted by Gasteiger charge is 2.22. The summed E-state index contributed by atoms with van der Waals surface area (Å²) in [5, 5.41) is 10.1. The van der Waals surface area contributed by atoms with E-state index in [9.17, 15) is 14.7 Å². The molecule has 100 valence electrons. The van der Waals surface area contributed by atoms with Crippen LogP contribution in [0.5, 0.6) is 5.75 Å². The van der Waals surface area contributed by atoms with E-state index >= 15 is 0 Å². The first kappa shape index (κ1) is 13.1. The molecule has 5 nitrogen and oxygen atoms in total. The highest BCUT2D eigenvalue weighted by molar-refractivity contribution is 5.83. The highest BCUT2D eigenvalue weighted by Crippen LogP contribution is 2.23. The van der Waals surface area contributed by atoms with Gasteiger partial charge in [0.25, 0.3) is 5.56 Å². The van der Waals surface area contributed by atoms with Crippen LogP contribution in [-0.2, 0) is 9.53 Å². The van der Waals surface area contributed by atoms with Gasteiger partial charge in [-0.05, 0) is 30.0 Å². The predicted octanol–water partition coefficient (Wildman–Crippen LogP) is 1.90. The van der Waals surface area contributed by atoms with Crippen molar-refractivity contribution in [2.45, 2.75) is 19.3 Å². The van der Waals surface area contributed by atoms with Crippen LogP contribution in [0.25, 0.3) is 10.9 Å². The summed E-state index contributed by atoms with van der Waals surface area (Å²) in [5.41, 5.74) is 0.580. The van der Waals surface area contributed by atoms with Crippen molar-refractivity contribution < 1.29 is 14.6 Å². The van der Waals surface area contributed by atoms with Crippen molar-refractivity contribution in [1.82, 2.24) is 4.98 Å². The summed E-state index contributed by atoms with van der Waals surface area (Å²) in [6.07, 6.45) is 0.485. The molecular weight excluding hydrogens is 246 g/mol. The lowest BCUT2D eigenvalue weighted by atomic mass is 9.96. The van der Waals surface area contributed by atoms with Gasteiger partial charge in [-0.2, -0.15) is 0 Å². The number of aromatic nitrogens is 1. The molecule has 0 fully saturated rings. The molecule has 0 spiro atoms. The predicted molar refractivity (Wildman–Crippen MR) is 71.3 cm³/mol. The number of fused-ring (bicyclic) bond motifs is 1. The van der Waals surface area contributed by atoms with Gasteiger partial charge in [0.2, 0.25) is 0 Å². The average molecular weight is 261 g/mol. The van der Waals surface area contributed by atoms with Crippen LogP contribution in [0.2, 0.25) is 0 Å². The molecule has 1 heterocycles. The van der Waals surface area contributed by atoms with Gasteiger partial charge in [0, 0.05) is 11.6 Å². The van der Waals surface area contributed by atoms with Gasteiger partial charge in [-0.15, -0.1) is 0 Å². The molecule has 0 aliphatic heterocycles. The fourth-order valence-electron chi connectivity index (χ4n) is 2.12. The Labute approximate surface area is 109 Å². The molecule has 0 saturated heterocycles. The second kappa shape index (κ2) is 5.14. The van der Waals surface area contributed by atoms with Crippen LogP contribution in [0.3, 0.4) is 0 Å². The number of carbonyl (C=O) groups is 1. The number of ether oxygens (including phenoxy) is 1. The van der Waals surface area contributed by atoms with E-state index < -0.39 is 11.9 Å². The maximum absolute atomic E-state index is 12.0. The molecule has 0 bridgehead atoms. The molecule has 0 saturated carbocycles. The molecule has 0 radical (unpaired) electrons. The van der Waals surface area contributed by atoms with E-state index in [0.717, 1.165) is 5.39 Å². The molecule has 0 aliphatic rings. The molecule has 1 unspecified atom stereocenters. The van der Waals surface area contributed by atoms with Gasteiger partial charge >= 0.3 is 5.97 Å². The Kier molecular flexibility index (Phi) is 3.55. The van der Waals surface area contributed by atoms with Crippen LogP contribution in [0.15, 0.2) is 29.1 Å². The van der Waals surface area contributed by atoms with Crippen LogP contribution in [0.1, 0.15) is 24.8 Å². The molecule has 2 rings (SSSR count). The summed E-state index contributed by atoms with van der Waals surface area (Å²) < 4.78 is 4.71. The average Bonchev–Trinajstić information content (AvgIpc) is 2.40. The molecule has 2 aromatic rings. The first-order chi connectivity index (χ1) is 9.06. The number of benzene rings is 1. The number of aromatic hydroxyl groups is 1. The normalized spacial score (nSPS) is 12.3. The number of esters is 1. The third-order valence-corrected chi connectivity index (χ3v) is 3.13. The third kappa shape index (κ3) is 2.45. The number of aromatic amines is 1. The number of carbonyl (C=O) groups excluding carboxylic acids is 1. The Morgan fingerprint density at radius 3 is 2.79 bits per heavy atom. The lowest BCUT2D eigenvalue weighted by Gasteiger charge is -2.12. The largest absolute Gasteiger partial charge is 0.508 e. The zero-order valence-electron chi connectivity index (χ0n) is 10.8. The Morgan fingerprint density at radius 2 is 2.16 bits per heavy atom. The van der Waals surface area contributed by atoms with Crippen molar-refractivity contribution in [1.29, 1.82) is 0 Å². The number of hydrogen-bond donors (Lipinski definition) is 2. The van der Waals surface area contributed by atoms with Crippen LogP contribution < -0.4 is 5.56 Å². The van der Waals surface area contributed by atoms with E-state index in [1.165, 1.54) is 19.2 Å². The first-order valence-corrected chi connectivity index (χ1v) is 6.00. The Bertz CT molecular complexity index is 675. The highest BCUT2D eigenvalue weighted by atomic mass is 16.5. The smallest absolute Gasteiger partial charge is 0.313 e. The number of rotatable bonds is 3. The Balaban J connectivity index is 2.61. The van der Waals surface area contributed by atoms with Gasteiger partial charge in [0.15, 0.2) is 0 Å². The quantitative estimate of drug-likeness (QED) is 0.827. The van der Waals surface area contributed by atoms with E-state index in [0.29, 0.717) is 17.5 Å². The van der Waals surface area contributed by atoms with Crippen molar-refractivity contribution >= 4 is 16.9 Å². The lowest BCUT2D eigenvalue weighted by Crippen LogP contribution is -2.22. The van der Waals surface area contributed by atoms with Gasteiger partial charge in [0.05, 0.1) is 18.5 Å². The molecular formula is C14H15NO4. The molecule has 5 heteroatoms. The van der Waals surface area contributed by atoms with E-state index in [1.54, 1.807) is 12.1 Å². The topological polar surface area (TPSA) is 79.4 Å². The summed E-state index contributed by atoms with van der Waals surface area (Å²) in [6.45, 7) is 1.82. The minimum absolute atomic E-state index is 0.0795. The molecule has 0 amide bonds. The monoisotopic (exact) mass is 261 g/mol. The Hall–Kier alpha value is -2.30. The van der Waals surface area contributed by atoms with E-state index in [4.69, 9.17) is 4.74 Å². The second-order valence-electron chi connectivity index (χ2n) is 4.31. The van der Waals surface area contributed by atoms with Crippen LogP contribution in [0, 0.1) is 0 Å². The molecule has 2 N–H and O–H groups in total. The fraction of sp³-hybridized carbons (Fsp3) is 0.286. The van der Waals surface area contributed by atoms with Crippen molar-refractivity contribution in [2.75, 3.05) is 7.11 Å². The number of phenolic OH excluding ortho intramolecular Hbond substituents is 1. The molecule has 0 aliphatic carbocycles. The number of phenols is 1. The standard InChI is InChI=1S/C14H15NO4/c1-3-10(14(18)19-2)11-6-8-4-5-9(16)7-12(8)15-13(11)17/h4-7,10,16H,3H2,1-2H3,(H,15,17). The fourth-order valence-corrected chi connectivity index (χ4v) is 2.12. The van der Waals surface area contributed by atoms with Gasteiger partial charge in [-0.3, -0.25) is 9.59 Å².